The average Bonchev–Trinajstić information content (AvgIpc) is 3.51. The van der Waals surface area contributed by atoms with E-state index >= 15 is 0 Å². The van der Waals surface area contributed by atoms with Gasteiger partial charge in [-0.1, -0.05) is 37.5 Å². The van der Waals surface area contributed by atoms with Gasteiger partial charge in [0.2, 0.25) is 0 Å². The number of hydrogen-bond donors (Lipinski definition) is 1. The lowest BCUT2D eigenvalue weighted by Gasteiger charge is -2.30. The Morgan fingerprint density at radius 3 is 2.69 bits per heavy atom. The number of aliphatic carboxylic acids is 1. The van der Waals surface area contributed by atoms with E-state index in [1.54, 1.807) is 7.11 Å². The van der Waals surface area contributed by atoms with Gasteiger partial charge in [-0.05, 0) is 66.5 Å². The summed E-state index contributed by atoms with van der Waals surface area (Å²) in [5, 5.41) is 11.0. The lowest BCUT2D eigenvalue weighted by Crippen LogP contribution is -2.28. The standard InChI is InChI=1S/C29H31NO5/c1-3-35-29(33)19-11-7-10-18-24(19)22-14-20-23(34-2)13-12-17(16-8-5-4-6-9-16)27(20)30(22)15-21-25(18)26(21)28(31)32/h7,10,12-14,16,19,24H,3-6,8-9,11,15H2,1-2H3,(H,31,32)/t19-,24-/m1/s1. The molecule has 1 N–H and O–H groups in total. The molecule has 35 heavy (non-hydrogen) atoms. The van der Waals surface area contributed by atoms with E-state index in [2.05, 4.69) is 22.8 Å². The summed E-state index contributed by atoms with van der Waals surface area (Å²) < 4.78 is 13.6. The normalized spacial score (nSPS) is 23.5. The highest BCUT2D eigenvalue weighted by molar-refractivity contribution is 6.05. The Labute approximate surface area is 204 Å². The number of carbonyl (C=O) groups excluding carboxylic acids is 1. The molecule has 182 valence electrons. The maximum absolute atomic E-state index is 13.1. The molecule has 3 aliphatic carbocycles. The van der Waals surface area contributed by atoms with Gasteiger partial charge in [0.15, 0.2) is 0 Å². The number of carboxylic acids is 1. The number of carbonyl (C=O) groups is 2. The molecular weight excluding hydrogens is 442 g/mol. The molecule has 1 aliphatic heterocycles. The molecule has 2 heterocycles. The molecule has 2 atom stereocenters. The number of benzene rings is 1. The van der Waals surface area contributed by atoms with Crippen molar-refractivity contribution >= 4 is 22.8 Å². The second kappa shape index (κ2) is 8.43. The molecule has 6 heteroatoms. The van der Waals surface area contributed by atoms with Crippen molar-refractivity contribution < 1.29 is 24.2 Å². The number of ether oxygens (including phenoxy) is 2. The summed E-state index contributed by atoms with van der Waals surface area (Å²) >= 11 is 0. The molecule has 0 bridgehead atoms. The Kier molecular flexibility index (Phi) is 5.35. The van der Waals surface area contributed by atoms with Gasteiger partial charge in [0.1, 0.15) is 5.75 Å². The maximum Gasteiger partial charge on any atom is 0.336 e. The van der Waals surface area contributed by atoms with Crippen LogP contribution in [0.5, 0.6) is 5.75 Å². The molecular formula is C29H31NO5. The van der Waals surface area contributed by atoms with Crippen LogP contribution in [-0.2, 0) is 20.9 Å². The van der Waals surface area contributed by atoms with Crippen molar-refractivity contribution in [1.29, 1.82) is 0 Å². The number of aromatic nitrogens is 1. The first-order chi connectivity index (χ1) is 17.0. The van der Waals surface area contributed by atoms with Crippen molar-refractivity contribution in [3.8, 4) is 5.75 Å². The van der Waals surface area contributed by atoms with Gasteiger partial charge in [-0.2, -0.15) is 0 Å². The van der Waals surface area contributed by atoms with E-state index in [1.165, 1.54) is 24.8 Å². The summed E-state index contributed by atoms with van der Waals surface area (Å²) in [6.45, 7) is 2.65. The Hall–Kier alpha value is -3.28. The van der Waals surface area contributed by atoms with E-state index in [1.807, 2.05) is 19.1 Å². The number of nitrogens with zero attached hydrogens (tertiary/aromatic N) is 1. The van der Waals surface area contributed by atoms with Crippen molar-refractivity contribution in [3.63, 3.8) is 0 Å². The van der Waals surface area contributed by atoms with E-state index in [9.17, 15) is 14.7 Å². The van der Waals surface area contributed by atoms with Crippen LogP contribution in [0.15, 0.2) is 52.6 Å². The lowest BCUT2D eigenvalue weighted by molar-refractivity contribution is -0.148. The minimum atomic E-state index is -0.891. The molecule has 1 aromatic carbocycles. The number of esters is 1. The third-order valence-corrected chi connectivity index (χ3v) is 8.29. The highest BCUT2D eigenvalue weighted by atomic mass is 16.5. The minimum Gasteiger partial charge on any atom is -0.496 e. The van der Waals surface area contributed by atoms with Crippen LogP contribution in [0.25, 0.3) is 10.9 Å². The largest absolute Gasteiger partial charge is 0.496 e. The third kappa shape index (κ3) is 3.37. The van der Waals surface area contributed by atoms with Gasteiger partial charge in [0.05, 0.1) is 30.7 Å². The average molecular weight is 474 g/mol. The summed E-state index contributed by atoms with van der Waals surface area (Å²) in [6.07, 6.45) is 10.7. The monoisotopic (exact) mass is 473 g/mol. The van der Waals surface area contributed by atoms with Gasteiger partial charge in [0, 0.05) is 23.5 Å². The van der Waals surface area contributed by atoms with E-state index in [4.69, 9.17) is 9.47 Å². The van der Waals surface area contributed by atoms with Gasteiger partial charge in [-0.25, -0.2) is 4.79 Å². The molecule has 0 amide bonds. The van der Waals surface area contributed by atoms with Crippen molar-refractivity contribution in [2.75, 3.05) is 13.7 Å². The van der Waals surface area contributed by atoms with Gasteiger partial charge >= 0.3 is 11.9 Å². The molecule has 1 aromatic heterocycles. The Balaban J connectivity index is 1.61. The lowest BCUT2D eigenvalue weighted by atomic mass is 9.76. The topological polar surface area (TPSA) is 77.8 Å². The van der Waals surface area contributed by atoms with E-state index < -0.39 is 5.97 Å². The SMILES string of the molecule is CCOC(=O)[C@@H]1CC=CC2=C3C(=C3C(=O)O)Cn3c(cc4c(OC)ccc(C5CCCCC5)c43)[C@H]21. The zero-order valence-electron chi connectivity index (χ0n) is 20.3. The minimum absolute atomic E-state index is 0.225. The molecule has 2 aromatic rings. The van der Waals surface area contributed by atoms with Crippen LogP contribution in [0.1, 0.15) is 68.5 Å². The maximum atomic E-state index is 13.1. The van der Waals surface area contributed by atoms with Crippen LogP contribution in [0.2, 0.25) is 0 Å². The van der Waals surface area contributed by atoms with Crippen molar-refractivity contribution in [3.05, 3.63) is 63.9 Å². The van der Waals surface area contributed by atoms with Gasteiger partial charge in [0.25, 0.3) is 0 Å². The van der Waals surface area contributed by atoms with E-state index in [0.717, 1.165) is 51.9 Å². The number of methoxy groups -OCH3 is 1. The summed E-state index contributed by atoms with van der Waals surface area (Å²) in [5.74, 6) is -0.460. The molecule has 0 saturated heterocycles. The molecule has 1 saturated carbocycles. The number of allylic oxidation sites excluding steroid dienone is 4. The first-order valence-corrected chi connectivity index (χ1v) is 12.8. The van der Waals surface area contributed by atoms with Crippen LogP contribution in [0, 0.1) is 5.92 Å². The first-order valence-electron chi connectivity index (χ1n) is 12.8. The number of carboxylic acid groups (broad SMARTS) is 1. The first kappa shape index (κ1) is 22.2. The number of hydrogen-bond acceptors (Lipinski definition) is 4. The van der Waals surface area contributed by atoms with E-state index in [0.29, 0.717) is 31.1 Å². The second-order valence-corrected chi connectivity index (χ2v) is 10.1. The van der Waals surface area contributed by atoms with Crippen LogP contribution >= 0.6 is 0 Å². The van der Waals surface area contributed by atoms with Crippen molar-refractivity contribution in [2.45, 2.75) is 63.8 Å². The predicted octanol–water partition coefficient (Wildman–Crippen LogP) is 5.63. The fourth-order valence-electron chi connectivity index (χ4n) is 6.73. The van der Waals surface area contributed by atoms with Crippen molar-refractivity contribution in [1.82, 2.24) is 4.57 Å². The molecule has 4 aliphatic rings. The smallest absolute Gasteiger partial charge is 0.336 e. The second-order valence-electron chi connectivity index (χ2n) is 10.1. The molecule has 0 spiro atoms. The van der Waals surface area contributed by atoms with Gasteiger partial charge in [-0.3, -0.25) is 4.79 Å². The fraction of sp³-hybridized carbons (Fsp3) is 0.448. The summed E-state index contributed by atoms with van der Waals surface area (Å²) in [6, 6.07) is 6.45. The highest BCUT2D eigenvalue weighted by Gasteiger charge is 2.47. The van der Waals surface area contributed by atoms with Gasteiger partial charge < -0.3 is 19.1 Å². The van der Waals surface area contributed by atoms with Crippen LogP contribution in [0.3, 0.4) is 0 Å². The Bertz CT molecular complexity index is 1330. The summed E-state index contributed by atoms with van der Waals surface area (Å²) in [4.78, 5) is 25.2. The molecule has 0 radical (unpaired) electrons. The highest BCUT2D eigenvalue weighted by Crippen LogP contribution is 2.55. The fourth-order valence-corrected chi connectivity index (χ4v) is 6.73. The van der Waals surface area contributed by atoms with Crippen LogP contribution < -0.4 is 4.74 Å². The van der Waals surface area contributed by atoms with E-state index in [-0.39, 0.29) is 17.8 Å². The quantitative estimate of drug-likeness (QED) is 0.570. The Morgan fingerprint density at radius 1 is 1.17 bits per heavy atom. The molecule has 1 fully saturated rings. The zero-order chi connectivity index (χ0) is 24.3. The van der Waals surface area contributed by atoms with Crippen LogP contribution in [0.4, 0.5) is 0 Å². The molecule has 0 unspecified atom stereocenters. The van der Waals surface area contributed by atoms with Gasteiger partial charge in [-0.15, -0.1) is 0 Å². The van der Waals surface area contributed by atoms with Crippen LogP contribution in [-0.4, -0.2) is 35.3 Å². The Morgan fingerprint density at radius 2 is 1.97 bits per heavy atom. The third-order valence-electron chi connectivity index (χ3n) is 8.29. The summed E-state index contributed by atoms with van der Waals surface area (Å²) in [5.41, 5.74) is 6.54. The zero-order valence-corrected chi connectivity index (χ0v) is 20.3. The number of fused-ring (bicyclic) bond motifs is 6. The number of rotatable bonds is 5. The predicted molar refractivity (Wildman–Crippen MR) is 133 cm³/mol. The van der Waals surface area contributed by atoms with Crippen molar-refractivity contribution in [2.24, 2.45) is 5.92 Å². The summed E-state index contributed by atoms with van der Waals surface area (Å²) in [7, 11) is 1.69. The molecule has 6 rings (SSSR count). The molecule has 6 nitrogen and oxygen atoms in total.